The molecule has 0 amide bonds. The van der Waals surface area contributed by atoms with Crippen molar-refractivity contribution in [2.75, 3.05) is 6.54 Å². The first-order valence-corrected chi connectivity index (χ1v) is 8.62. The lowest BCUT2D eigenvalue weighted by Crippen LogP contribution is -2.26. The summed E-state index contributed by atoms with van der Waals surface area (Å²) in [5.41, 5.74) is 0. The Morgan fingerprint density at radius 1 is 0.952 bits per heavy atom. The van der Waals surface area contributed by atoms with Crippen molar-refractivity contribution < 1.29 is 9.90 Å². The maximum Gasteiger partial charge on any atom is 0.303 e. The number of unbranched alkanes of at least 4 members (excludes halogenated alkanes) is 8. The molecule has 1 unspecified atom stereocenters. The van der Waals surface area contributed by atoms with E-state index in [2.05, 4.69) is 19.2 Å². The largest absolute Gasteiger partial charge is 0.481 e. The fraction of sp³-hybridized carbons (Fsp3) is 0.941. The number of carboxylic acid groups (broad SMARTS) is 1. The molecule has 0 aliphatic rings. The summed E-state index contributed by atoms with van der Waals surface area (Å²) in [5.74, 6) is -0.671. The van der Waals surface area contributed by atoms with Crippen molar-refractivity contribution >= 4 is 18.4 Å². The number of aliphatic carboxylic acids is 1. The maximum atomic E-state index is 10.3. The van der Waals surface area contributed by atoms with E-state index in [0.29, 0.717) is 12.5 Å². The van der Waals surface area contributed by atoms with Crippen LogP contribution in [0.25, 0.3) is 0 Å². The van der Waals surface area contributed by atoms with E-state index in [9.17, 15) is 4.79 Å². The monoisotopic (exact) mass is 321 g/mol. The average Bonchev–Trinajstić information content (AvgIpc) is 2.41. The molecule has 0 aromatic heterocycles. The molecular weight excluding hydrogens is 286 g/mol. The first kappa shape index (κ1) is 23.0. The van der Waals surface area contributed by atoms with Gasteiger partial charge < -0.3 is 10.4 Å². The highest BCUT2D eigenvalue weighted by molar-refractivity contribution is 5.85. The van der Waals surface area contributed by atoms with Gasteiger partial charge >= 0.3 is 5.97 Å². The van der Waals surface area contributed by atoms with Gasteiger partial charge in [0.1, 0.15) is 0 Å². The molecule has 0 bridgehead atoms. The highest BCUT2D eigenvalue weighted by atomic mass is 35.5. The molecule has 0 saturated carbocycles. The number of carbonyl (C=O) groups is 1. The molecule has 0 aliphatic heterocycles. The number of hydrogen-bond donors (Lipinski definition) is 2. The third-order valence-electron chi connectivity index (χ3n) is 3.80. The van der Waals surface area contributed by atoms with Gasteiger partial charge in [0, 0.05) is 12.5 Å². The van der Waals surface area contributed by atoms with E-state index >= 15 is 0 Å². The molecule has 0 fully saturated rings. The van der Waals surface area contributed by atoms with Crippen LogP contribution in [0, 0.1) is 0 Å². The number of nitrogens with one attached hydrogen (secondary N) is 1. The van der Waals surface area contributed by atoms with E-state index in [1.165, 1.54) is 51.4 Å². The molecule has 4 heteroatoms. The van der Waals surface area contributed by atoms with Crippen LogP contribution >= 0.6 is 12.4 Å². The molecule has 0 aromatic carbocycles. The van der Waals surface area contributed by atoms with Crippen LogP contribution in [-0.4, -0.2) is 23.7 Å². The van der Waals surface area contributed by atoms with Crippen molar-refractivity contribution in [1.82, 2.24) is 5.32 Å². The first-order valence-electron chi connectivity index (χ1n) is 8.62. The Morgan fingerprint density at radius 3 is 2.19 bits per heavy atom. The molecular formula is C17H36ClNO2. The van der Waals surface area contributed by atoms with E-state index in [1.54, 1.807) is 0 Å². The smallest absolute Gasteiger partial charge is 0.303 e. The van der Waals surface area contributed by atoms with Crippen LogP contribution in [0.4, 0.5) is 0 Å². The molecule has 0 aromatic rings. The van der Waals surface area contributed by atoms with Crippen molar-refractivity contribution in [1.29, 1.82) is 0 Å². The molecule has 2 N–H and O–H groups in total. The summed E-state index contributed by atoms with van der Waals surface area (Å²) in [4.78, 5) is 10.3. The Balaban J connectivity index is 0. The van der Waals surface area contributed by atoms with Crippen LogP contribution in [0.2, 0.25) is 0 Å². The van der Waals surface area contributed by atoms with E-state index < -0.39 is 5.97 Å². The topological polar surface area (TPSA) is 49.3 Å². The van der Waals surface area contributed by atoms with Crippen LogP contribution in [0.5, 0.6) is 0 Å². The van der Waals surface area contributed by atoms with Crippen LogP contribution in [-0.2, 0) is 4.79 Å². The van der Waals surface area contributed by atoms with Crippen molar-refractivity contribution in [3.05, 3.63) is 0 Å². The first-order chi connectivity index (χ1) is 9.66. The van der Waals surface area contributed by atoms with Crippen LogP contribution in [0.15, 0.2) is 0 Å². The van der Waals surface area contributed by atoms with Gasteiger partial charge in [-0.15, -0.1) is 12.4 Å². The molecule has 0 heterocycles. The number of carboxylic acids is 1. The lowest BCUT2D eigenvalue weighted by atomic mass is 10.1. The van der Waals surface area contributed by atoms with Gasteiger partial charge in [0.2, 0.25) is 0 Å². The highest BCUT2D eigenvalue weighted by Gasteiger charge is 2.01. The minimum atomic E-state index is -0.671. The van der Waals surface area contributed by atoms with Gasteiger partial charge in [0.05, 0.1) is 0 Å². The summed E-state index contributed by atoms with van der Waals surface area (Å²) in [7, 11) is 0. The summed E-state index contributed by atoms with van der Waals surface area (Å²) in [6.07, 6.45) is 14.0. The molecule has 21 heavy (non-hydrogen) atoms. The molecule has 0 radical (unpaired) electrons. The van der Waals surface area contributed by atoms with E-state index in [-0.39, 0.29) is 12.4 Å². The number of rotatable bonds is 15. The van der Waals surface area contributed by atoms with Gasteiger partial charge in [-0.05, 0) is 32.7 Å². The standard InChI is InChI=1S/C17H35NO2.ClH/c1-3-4-5-6-7-10-13-16(2)18-15-12-9-8-11-14-17(19)20;/h16,18H,3-15H2,1-2H3,(H,19,20);1H. The summed E-state index contributed by atoms with van der Waals surface area (Å²) < 4.78 is 0. The zero-order valence-electron chi connectivity index (χ0n) is 14.0. The van der Waals surface area contributed by atoms with E-state index in [0.717, 1.165) is 25.8 Å². The summed E-state index contributed by atoms with van der Waals surface area (Å²) in [6, 6.07) is 0.625. The average molecular weight is 322 g/mol. The molecule has 0 aliphatic carbocycles. The zero-order chi connectivity index (χ0) is 15.1. The third-order valence-corrected chi connectivity index (χ3v) is 3.80. The summed E-state index contributed by atoms with van der Waals surface area (Å²) >= 11 is 0. The molecule has 128 valence electrons. The van der Waals surface area contributed by atoms with Crippen molar-refractivity contribution in [3.63, 3.8) is 0 Å². The van der Waals surface area contributed by atoms with E-state index in [1.807, 2.05) is 0 Å². The third kappa shape index (κ3) is 19.7. The molecule has 0 rings (SSSR count). The van der Waals surface area contributed by atoms with Gasteiger partial charge in [-0.1, -0.05) is 58.3 Å². The second kappa shape index (κ2) is 17.8. The van der Waals surface area contributed by atoms with Crippen molar-refractivity contribution in [2.24, 2.45) is 0 Å². The second-order valence-corrected chi connectivity index (χ2v) is 5.97. The fourth-order valence-corrected chi connectivity index (χ4v) is 2.44. The van der Waals surface area contributed by atoms with Gasteiger partial charge in [-0.2, -0.15) is 0 Å². The quantitative estimate of drug-likeness (QED) is 0.409. The van der Waals surface area contributed by atoms with Crippen molar-refractivity contribution in [2.45, 2.75) is 96.9 Å². The minimum absolute atomic E-state index is 0. The highest BCUT2D eigenvalue weighted by Crippen LogP contribution is 2.08. The Hall–Kier alpha value is -0.280. The SMILES string of the molecule is CCCCCCCCC(C)NCCCCCCC(=O)O.Cl. The molecule has 0 saturated heterocycles. The normalized spacial score (nSPS) is 11.9. The van der Waals surface area contributed by atoms with Crippen LogP contribution in [0.1, 0.15) is 90.9 Å². The Bertz CT molecular complexity index is 225. The van der Waals surface area contributed by atoms with Crippen molar-refractivity contribution in [3.8, 4) is 0 Å². The minimum Gasteiger partial charge on any atom is -0.481 e. The number of hydrogen-bond acceptors (Lipinski definition) is 2. The Kier molecular flexibility index (Phi) is 19.5. The Morgan fingerprint density at radius 2 is 1.52 bits per heavy atom. The second-order valence-electron chi connectivity index (χ2n) is 5.97. The summed E-state index contributed by atoms with van der Waals surface area (Å²) in [5, 5.41) is 12.1. The summed E-state index contributed by atoms with van der Waals surface area (Å²) in [6.45, 7) is 5.61. The van der Waals surface area contributed by atoms with E-state index in [4.69, 9.17) is 5.11 Å². The number of halogens is 1. The predicted octanol–water partition coefficient (Wildman–Crippen LogP) is 5.17. The zero-order valence-corrected chi connectivity index (χ0v) is 14.8. The molecule has 1 atom stereocenters. The molecule has 0 spiro atoms. The lowest BCUT2D eigenvalue weighted by Gasteiger charge is -2.13. The maximum absolute atomic E-state index is 10.3. The van der Waals surface area contributed by atoms with Gasteiger partial charge in [-0.25, -0.2) is 0 Å². The Labute approximate surface area is 137 Å². The fourth-order valence-electron chi connectivity index (χ4n) is 2.44. The van der Waals surface area contributed by atoms with Gasteiger partial charge in [-0.3, -0.25) is 4.79 Å². The predicted molar refractivity (Wildman–Crippen MR) is 93.4 cm³/mol. The molecule has 3 nitrogen and oxygen atoms in total. The van der Waals surface area contributed by atoms with Crippen LogP contribution in [0.3, 0.4) is 0 Å². The van der Waals surface area contributed by atoms with Gasteiger partial charge in [0.15, 0.2) is 0 Å². The lowest BCUT2D eigenvalue weighted by molar-refractivity contribution is -0.137. The van der Waals surface area contributed by atoms with Crippen LogP contribution < -0.4 is 5.32 Å². The van der Waals surface area contributed by atoms with Gasteiger partial charge in [0.25, 0.3) is 0 Å².